The zero-order valence-electron chi connectivity index (χ0n) is 22.9. The van der Waals surface area contributed by atoms with E-state index in [2.05, 4.69) is 15.5 Å². The van der Waals surface area contributed by atoms with Crippen LogP contribution in [-0.2, 0) is 39.3 Å². The Kier molecular flexibility index (Phi) is 6.64. The standard InChI is InChI=1S/C31H32FN5O3S/c1-36-15-18(8-17(30(36)39)9-21-12-26(35-34-21)19-13-33-14-19)24-10-20(32)11-27(25(24)16-38)37-7-6-23-22-4-2-3-5-28(22)41-29(23)31(37)40/h8,10-12,15,19,33,38H,2-7,9,13-14,16H2,1H3,(H,34,35). The molecular weight excluding hydrogens is 541 g/mol. The number of halogens is 1. The van der Waals surface area contributed by atoms with Crippen molar-refractivity contribution in [2.45, 2.75) is 51.0 Å². The van der Waals surface area contributed by atoms with Crippen molar-refractivity contribution in [3.8, 4) is 11.1 Å². The molecule has 0 bridgehead atoms. The number of pyridine rings is 1. The van der Waals surface area contributed by atoms with Gasteiger partial charge in [0.2, 0.25) is 0 Å². The molecule has 1 aliphatic carbocycles. The van der Waals surface area contributed by atoms with Crippen molar-refractivity contribution < 1.29 is 14.3 Å². The molecule has 3 aliphatic rings. The lowest BCUT2D eigenvalue weighted by Crippen LogP contribution is -2.40. The molecule has 212 valence electrons. The molecule has 8 nitrogen and oxygen atoms in total. The van der Waals surface area contributed by atoms with Crippen molar-refractivity contribution in [1.29, 1.82) is 0 Å². The number of nitrogens with zero attached hydrogens (tertiary/aromatic N) is 3. The molecule has 0 spiro atoms. The van der Waals surface area contributed by atoms with Crippen molar-refractivity contribution in [3.05, 3.63) is 90.0 Å². The number of carbonyl (C=O) groups excluding carboxylic acids is 1. The first kappa shape index (κ1) is 26.3. The maximum Gasteiger partial charge on any atom is 0.268 e. The van der Waals surface area contributed by atoms with E-state index in [1.807, 2.05) is 6.07 Å². The number of thiophene rings is 1. The maximum absolute atomic E-state index is 15.2. The van der Waals surface area contributed by atoms with Gasteiger partial charge in [0.05, 0.1) is 22.9 Å². The number of aliphatic hydroxyl groups excluding tert-OH is 1. The molecule has 41 heavy (non-hydrogen) atoms. The summed E-state index contributed by atoms with van der Waals surface area (Å²) in [4.78, 5) is 30.5. The van der Waals surface area contributed by atoms with Gasteiger partial charge in [-0.25, -0.2) is 4.39 Å². The monoisotopic (exact) mass is 573 g/mol. The number of anilines is 1. The fourth-order valence-electron chi connectivity index (χ4n) is 6.47. The minimum atomic E-state index is -0.501. The highest BCUT2D eigenvalue weighted by molar-refractivity contribution is 7.14. The molecule has 0 radical (unpaired) electrons. The Balaban J connectivity index is 1.26. The van der Waals surface area contributed by atoms with Gasteiger partial charge in [-0.15, -0.1) is 11.3 Å². The number of hydrogen-bond donors (Lipinski definition) is 3. The lowest BCUT2D eigenvalue weighted by atomic mass is 9.91. The van der Waals surface area contributed by atoms with Gasteiger partial charge < -0.3 is 19.9 Å². The summed E-state index contributed by atoms with van der Waals surface area (Å²) >= 11 is 1.58. The van der Waals surface area contributed by atoms with E-state index < -0.39 is 5.82 Å². The second-order valence-electron chi connectivity index (χ2n) is 11.4. The number of hydrogen-bond acceptors (Lipinski definition) is 6. The summed E-state index contributed by atoms with van der Waals surface area (Å²) in [5.74, 6) is -0.256. The first-order chi connectivity index (χ1) is 19.9. The average Bonchev–Trinajstić information content (AvgIpc) is 3.55. The van der Waals surface area contributed by atoms with Crippen LogP contribution in [0.3, 0.4) is 0 Å². The number of aliphatic hydroxyl groups is 1. The van der Waals surface area contributed by atoms with Gasteiger partial charge >= 0.3 is 0 Å². The quantitative estimate of drug-likeness (QED) is 0.326. The van der Waals surface area contributed by atoms with Crippen LogP contribution in [0.15, 0.2) is 35.3 Å². The molecule has 0 unspecified atom stereocenters. The Bertz CT molecular complexity index is 1730. The van der Waals surface area contributed by atoms with E-state index in [0.29, 0.717) is 46.8 Å². The van der Waals surface area contributed by atoms with Crippen LogP contribution in [0.2, 0.25) is 0 Å². The van der Waals surface area contributed by atoms with Crippen LogP contribution in [0.1, 0.15) is 67.0 Å². The summed E-state index contributed by atoms with van der Waals surface area (Å²) in [5, 5.41) is 21.3. The van der Waals surface area contributed by atoms with E-state index in [1.54, 1.807) is 35.5 Å². The van der Waals surface area contributed by atoms with E-state index >= 15 is 4.39 Å². The summed E-state index contributed by atoms with van der Waals surface area (Å²) in [6, 6.07) is 6.47. The van der Waals surface area contributed by atoms with Crippen molar-refractivity contribution in [1.82, 2.24) is 20.1 Å². The smallest absolute Gasteiger partial charge is 0.268 e. The highest BCUT2D eigenvalue weighted by atomic mass is 32.1. The number of rotatable bonds is 6. The van der Waals surface area contributed by atoms with Crippen LogP contribution in [-0.4, -0.2) is 45.4 Å². The molecule has 0 atom stereocenters. The van der Waals surface area contributed by atoms with E-state index in [4.69, 9.17) is 0 Å². The van der Waals surface area contributed by atoms with Crippen LogP contribution in [0.25, 0.3) is 11.1 Å². The van der Waals surface area contributed by atoms with E-state index in [0.717, 1.165) is 67.0 Å². The Hall–Kier alpha value is -3.60. The zero-order chi connectivity index (χ0) is 28.2. The van der Waals surface area contributed by atoms with Crippen molar-refractivity contribution in [3.63, 3.8) is 0 Å². The van der Waals surface area contributed by atoms with E-state index in [9.17, 15) is 14.7 Å². The van der Waals surface area contributed by atoms with Crippen molar-refractivity contribution in [2.75, 3.05) is 24.5 Å². The fourth-order valence-corrected chi connectivity index (χ4v) is 7.86. The third kappa shape index (κ3) is 4.54. The number of aryl methyl sites for hydroxylation is 2. The average molecular weight is 574 g/mol. The summed E-state index contributed by atoms with van der Waals surface area (Å²) in [7, 11) is 1.67. The largest absolute Gasteiger partial charge is 0.392 e. The SMILES string of the molecule is Cn1cc(-c2cc(F)cc(N3CCc4c(sc5c4CCCC5)C3=O)c2CO)cc(Cc2cc(C3CNC3)n[nH]2)c1=O. The predicted molar refractivity (Wildman–Crippen MR) is 156 cm³/mol. The minimum absolute atomic E-state index is 0.130. The van der Waals surface area contributed by atoms with Crippen LogP contribution in [0.5, 0.6) is 0 Å². The van der Waals surface area contributed by atoms with Gasteiger partial charge in [-0.3, -0.25) is 14.7 Å². The van der Waals surface area contributed by atoms with E-state index in [1.165, 1.54) is 27.1 Å². The molecule has 7 rings (SSSR count). The summed E-state index contributed by atoms with van der Waals surface area (Å²) < 4.78 is 16.7. The van der Waals surface area contributed by atoms with Crippen molar-refractivity contribution in [2.24, 2.45) is 7.05 Å². The number of fused-ring (bicyclic) bond motifs is 3. The number of amides is 1. The number of benzene rings is 1. The number of H-pyrrole nitrogens is 1. The van der Waals surface area contributed by atoms with Gasteiger partial charge in [0, 0.05) is 66.9 Å². The molecule has 3 aromatic heterocycles. The lowest BCUT2D eigenvalue weighted by Gasteiger charge is -2.30. The Morgan fingerprint density at radius 1 is 1.10 bits per heavy atom. The second kappa shape index (κ2) is 10.3. The number of aromatic amines is 1. The minimum Gasteiger partial charge on any atom is -0.392 e. The molecule has 2 aliphatic heterocycles. The van der Waals surface area contributed by atoms with Crippen LogP contribution < -0.4 is 15.8 Å². The topological polar surface area (TPSA) is 103 Å². The van der Waals surface area contributed by atoms with Gasteiger partial charge in [-0.1, -0.05) is 0 Å². The Labute approximate surface area is 240 Å². The summed E-state index contributed by atoms with van der Waals surface area (Å²) in [5.41, 5.74) is 6.61. The second-order valence-corrected chi connectivity index (χ2v) is 12.5. The van der Waals surface area contributed by atoms with Crippen LogP contribution in [0.4, 0.5) is 10.1 Å². The molecule has 1 saturated heterocycles. The zero-order valence-corrected chi connectivity index (χ0v) is 23.7. The maximum atomic E-state index is 15.2. The number of carbonyl (C=O) groups is 1. The Morgan fingerprint density at radius 2 is 1.93 bits per heavy atom. The molecule has 4 aromatic rings. The highest BCUT2D eigenvalue weighted by Crippen LogP contribution is 2.41. The molecule has 3 N–H and O–H groups in total. The number of aromatic nitrogens is 3. The number of nitrogens with one attached hydrogen (secondary N) is 2. The molecule has 0 saturated carbocycles. The first-order valence-corrected chi connectivity index (χ1v) is 15.1. The van der Waals surface area contributed by atoms with Gasteiger partial charge in [-0.2, -0.15) is 5.10 Å². The molecule has 1 amide bonds. The van der Waals surface area contributed by atoms with Gasteiger partial charge in [0.1, 0.15) is 5.82 Å². The predicted octanol–water partition coefficient (Wildman–Crippen LogP) is 3.83. The summed E-state index contributed by atoms with van der Waals surface area (Å²) in [6.07, 6.45) is 7.05. The van der Waals surface area contributed by atoms with E-state index in [-0.39, 0.29) is 18.1 Å². The molecule has 1 fully saturated rings. The molecule has 1 aromatic carbocycles. The molecular formula is C31H32FN5O3S. The Morgan fingerprint density at radius 3 is 2.71 bits per heavy atom. The molecule has 10 heteroatoms. The van der Waals surface area contributed by atoms with Crippen molar-refractivity contribution >= 4 is 22.9 Å². The van der Waals surface area contributed by atoms with Gasteiger partial charge in [-0.05, 0) is 78.6 Å². The van der Waals surface area contributed by atoms with Gasteiger partial charge in [0.25, 0.3) is 11.5 Å². The van der Waals surface area contributed by atoms with Crippen LogP contribution in [0, 0.1) is 5.82 Å². The third-order valence-corrected chi connectivity index (χ3v) is 10.1. The third-order valence-electron chi connectivity index (χ3n) is 8.75. The first-order valence-electron chi connectivity index (χ1n) is 14.2. The molecule has 5 heterocycles. The summed E-state index contributed by atoms with van der Waals surface area (Å²) in [6.45, 7) is 1.84. The highest BCUT2D eigenvalue weighted by Gasteiger charge is 2.33. The van der Waals surface area contributed by atoms with Crippen LogP contribution >= 0.6 is 11.3 Å². The normalized spacial score (nSPS) is 17.0. The lowest BCUT2D eigenvalue weighted by molar-refractivity contribution is 0.0984. The fraction of sp³-hybridized carbons (Fsp3) is 0.387. The van der Waals surface area contributed by atoms with Gasteiger partial charge in [0.15, 0.2) is 0 Å².